The lowest BCUT2D eigenvalue weighted by Crippen LogP contribution is -2.50. The lowest BCUT2D eigenvalue weighted by molar-refractivity contribution is -0.0533. The molecule has 0 radical (unpaired) electrons. The lowest BCUT2D eigenvalue weighted by Gasteiger charge is -2.38. The Bertz CT molecular complexity index is 180. The molecule has 2 fully saturated rings. The first-order valence-electron chi connectivity index (χ1n) is 6.37. The summed E-state index contributed by atoms with van der Waals surface area (Å²) >= 11 is 0. The van der Waals surface area contributed by atoms with Crippen LogP contribution in [0.25, 0.3) is 0 Å². The molecule has 0 aromatic heterocycles. The van der Waals surface area contributed by atoms with E-state index in [2.05, 4.69) is 24.2 Å². The minimum absolute atomic E-state index is 0.528. The molecule has 2 heterocycles. The van der Waals surface area contributed by atoms with Crippen molar-refractivity contribution < 1.29 is 4.74 Å². The van der Waals surface area contributed by atoms with Crippen LogP contribution >= 0.6 is 0 Å². The highest BCUT2D eigenvalue weighted by molar-refractivity contribution is 4.88. The molecule has 2 aliphatic heterocycles. The smallest absolute Gasteiger partial charge is 0.0707 e. The minimum Gasteiger partial charge on any atom is -0.372 e. The fourth-order valence-electron chi connectivity index (χ4n) is 2.93. The van der Waals surface area contributed by atoms with Crippen molar-refractivity contribution in [3.8, 4) is 0 Å². The zero-order valence-electron chi connectivity index (χ0n) is 10.0. The molecule has 2 rings (SSSR count). The molecule has 2 aliphatic rings. The number of morpholine rings is 1. The Morgan fingerprint density at radius 2 is 2.00 bits per heavy atom. The predicted octanol–water partition coefficient (Wildman–Crippen LogP) is 1.24. The van der Waals surface area contributed by atoms with Crippen LogP contribution in [0.5, 0.6) is 0 Å². The average molecular weight is 212 g/mol. The van der Waals surface area contributed by atoms with Crippen LogP contribution in [0.1, 0.15) is 32.6 Å². The average Bonchev–Trinajstić information content (AvgIpc) is 2.57. The molecule has 2 bridgehead atoms. The van der Waals surface area contributed by atoms with Crippen molar-refractivity contribution >= 4 is 0 Å². The maximum absolute atomic E-state index is 5.87. The zero-order valence-corrected chi connectivity index (χ0v) is 10.0. The largest absolute Gasteiger partial charge is 0.372 e. The van der Waals surface area contributed by atoms with Gasteiger partial charge >= 0.3 is 0 Å². The highest BCUT2D eigenvalue weighted by Crippen LogP contribution is 2.27. The van der Waals surface area contributed by atoms with E-state index in [0.717, 1.165) is 19.6 Å². The zero-order chi connectivity index (χ0) is 10.7. The van der Waals surface area contributed by atoms with Crippen molar-refractivity contribution in [3.63, 3.8) is 0 Å². The summed E-state index contributed by atoms with van der Waals surface area (Å²) in [5.41, 5.74) is 0. The van der Waals surface area contributed by atoms with Gasteiger partial charge in [-0.15, -0.1) is 0 Å². The molecule has 3 atom stereocenters. The second kappa shape index (κ2) is 5.28. The van der Waals surface area contributed by atoms with Gasteiger partial charge in [0.2, 0.25) is 0 Å². The number of nitrogens with one attached hydrogen (secondary N) is 1. The van der Waals surface area contributed by atoms with Crippen molar-refractivity contribution in [1.82, 2.24) is 10.2 Å². The topological polar surface area (TPSA) is 24.5 Å². The molecule has 0 spiro atoms. The van der Waals surface area contributed by atoms with Gasteiger partial charge in [-0.3, -0.25) is 4.90 Å². The molecule has 1 N–H and O–H groups in total. The summed E-state index contributed by atoms with van der Waals surface area (Å²) in [4.78, 5) is 2.64. The van der Waals surface area contributed by atoms with E-state index in [1.807, 2.05) is 0 Å². The van der Waals surface area contributed by atoms with E-state index < -0.39 is 0 Å². The predicted molar refractivity (Wildman–Crippen MR) is 62.1 cm³/mol. The molecule has 0 amide bonds. The summed E-state index contributed by atoms with van der Waals surface area (Å²) in [5.74, 6) is 0. The second-order valence-electron chi connectivity index (χ2n) is 4.91. The standard InChI is InChI=1S/C12H24N2O/c1-3-4-10(7-13-2)14-8-11-5-6-12(9-14)15-11/h10-13H,3-9H2,1-2H3. The van der Waals surface area contributed by atoms with E-state index in [-0.39, 0.29) is 0 Å². The van der Waals surface area contributed by atoms with Crippen LogP contribution in [0.3, 0.4) is 0 Å². The summed E-state index contributed by atoms with van der Waals surface area (Å²) in [7, 11) is 2.05. The van der Waals surface area contributed by atoms with Gasteiger partial charge in [0.1, 0.15) is 0 Å². The van der Waals surface area contributed by atoms with Crippen LogP contribution in [0.15, 0.2) is 0 Å². The number of nitrogens with zero attached hydrogens (tertiary/aromatic N) is 1. The lowest BCUT2D eigenvalue weighted by atomic mass is 10.1. The Balaban J connectivity index is 1.89. The van der Waals surface area contributed by atoms with E-state index in [1.54, 1.807) is 0 Å². The van der Waals surface area contributed by atoms with Crippen LogP contribution in [0.2, 0.25) is 0 Å². The van der Waals surface area contributed by atoms with Crippen LogP contribution < -0.4 is 5.32 Å². The highest BCUT2D eigenvalue weighted by Gasteiger charge is 2.35. The van der Waals surface area contributed by atoms with Gasteiger partial charge in [0.25, 0.3) is 0 Å². The highest BCUT2D eigenvalue weighted by atomic mass is 16.5. The molecule has 0 aromatic carbocycles. The molecule has 2 saturated heterocycles. The third-order valence-corrected chi connectivity index (χ3v) is 3.65. The van der Waals surface area contributed by atoms with Crippen LogP contribution in [-0.2, 0) is 4.74 Å². The van der Waals surface area contributed by atoms with Crippen LogP contribution in [0.4, 0.5) is 0 Å². The van der Waals surface area contributed by atoms with Gasteiger partial charge in [-0.1, -0.05) is 13.3 Å². The number of likely N-dealkylation sites (tertiary alicyclic amines) is 1. The van der Waals surface area contributed by atoms with Crippen molar-refractivity contribution in [2.24, 2.45) is 0 Å². The molecule has 88 valence electrons. The minimum atomic E-state index is 0.528. The fraction of sp³-hybridized carbons (Fsp3) is 1.00. The molecule has 3 nitrogen and oxygen atoms in total. The Morgan fingerprint density at radius 1 is 1.33 bits per heavy atom. The third kappa shape index (κ3) is 2.71. The molecule has 3 unspecified atom stereocenters. The summed E-state index contributed by atoms with van der Waals surface area (Å²) in [6, 6.07) is 0.715. The van der Waals surface area contributed by atoms with E-state index in [0.29, 0.717) is 18.2 Å². The first-order valence-corrected chi connectivity index (χ1v) is 6.37. The summed E-state index contributed by atoms with van der Waals surface area (Å²) in [5, 5.41) is 3.32. The van der Waals surface area contributed by atoms with Crippen LogP contribution in [-0.4, -0.2) is 49.8 Å². The summed E-state index contributed by atoms with van der Waals surface area (Å²) in [6.07, 6.45) is 6.19. The number of hydrogen-bond donors (Lipinski definition) is 1. The quantitative estimate of drug-likeness (QED) is 0.742. The Labute approximate surface area is 93.2 Å². The van der Waals surface area contributed by atoms with Gasteiger partial charge in [0.15, 0.2) is 0 Å². The summed E-state index contributed by atoms with van der Waals surface area (Å²) in [6.45, 7) is 5.71. The Morgan fingerprint density at radius 3 is 2.53 bits per heavy atom. The number of rotatable bonds is 5. The van der Waals surface area contributed by atoms with Crippen molar-refractivity contribution in [2.75, 3.05) is 26.7 Å². The van der Waals surface area contributed by atoms with E-state index >= 15 is 0 Å². The molecule has 3 heteroatoms. The van der Waals surface area contributed by atoms with E-state index in [1.165, 1.54) is 25.7 Å². The normalized spacial score (nSPS) is 33.2. The van der Waals surface area contributed by atoms with Crippen molar-refractivity contribution in [2.45, 2.75) is 50.9 Å². The second-order valence-corrected chi connectivity index (χ2v) is 4.91. The van der Waals surface area contributed by atoms with E-state index in [9.17, 15) is 0 Å². The first-order chi connectivity index (χ1) is 7.33. The third-order valence-electron chi connectivity index (χ3n) is 3.65. The van der Waals surface area contributed by atoms with Gasteiger partial charge < -0.3 is 10.1 Å². The number of ether oxygens (including phenoxy) is 1. The van der Waals surface area contributed by atoms with Gasteiger partial charge in [0, 0.05) is 25.7 Å². The molecule has 0 saturated carbocycles. The first kappa shape index (κ1) is 11.4. The van der Waals surface area contributed by atoms with Crippen molar-refractivity contribution in [1.29, 1.82) is 0 Å². The van der Waals surface area contributed by atoms with Crippen molar-refractivity contribution in [3.05, 3.63) is 0 Å². The van der Waals surface area contributed by atoms with E-state index in [4.69, 9.17) is 4.74 Å². The molecule has 0 aliphatic carbocycles. The Kier molecular flexibility index (Phi) is 4.00. The maximum atomic E-state index is 5.87. The monoisotopic (exact) mass is 212 g/mol. The number of hydrogen-bond acceptors (Lipinski definition) is 3. The fourth-order valence-corrected chi connectivity index (χ4v) is 2.93. The molecular formula is C12H24N2O. The SMILES string of the molecule is CCCC(CNC)N1CC2CCC(C1)O2. The number of likely N-dealkylation sites (N-methyl/N-ethyl adjacent to an activating group) is 1. The van der Waals surface area contributed by atoms with Gasteiger partial charge in [0.05, 0.1) is 12.2 Å². The molecule has 0 aromatic rings. The Hall–Kier alpha value is -0.120. The summed E-state index contributed by atoms with van der Waals surface area (Å²) < 4.78 is 5.87. The van der Waals surface area contributed by atoms with Gasteiger partial charge in [-0.25, -0.2) is 0 Å². The molecule has 15 heavy (non-hydrogen) atoms. The van der Waals surface area contributed by atoms with Gasteiger partial charge in [-0.05, 0) is 26.3 Å². The molecular weight excluding hydrogens is 188 g/mol. The van der Waals surface area contributed by atoms with Gasteiger partial charge in [-0.2, -0.15) is 0 Å². The van der Waals surface area contributed by atoms with Crippen LogP contribution in [0, 0.1) is 0 Å². The maximum Gasteiger partial charge on any atom is 0.0707 e. The number of fused-ring (bicyclic) bond motifs is 2.